The van der Waals surface area contributed by atoms with Gasteiger partial charge in [-0.1, -0.05) is 0 Å². The van der Waals surface area contributed by atoms with Crippen molar-refractivity contribution in [3.63, 3.8) is 0 Å². The molecule has 2 heterocycles. The number of carbonyl (C=O) groups excluding carboxylic acids is 1. The number of aliphatic carboxylic acids is 1. The SMILES string of the molecule is COC(=O)c1nccc(N2CCCC(C)(C(=O)O)C2)n1. The van der Waals surface area contributed by atoms with Crippen LogP contribution in [0.3, 0.4) is 0 Å². The van der Waals surface area contributed by atoms with E-state index in [2.05, 4.69) is 14.7 Å². The summed E-state index contributed by atoms with van der Waals surface area (Å²) in [4.78, 5) is 32.6. The third-order valence-electron chi connectivity index (χ3n) is 3.55. The van der Waals surface area contributed by atoms with E-state index in [1.807, 2.05) is 4.90 Å². The molecule has 2 rings (SSSR count). The first-order valence-corrected chi connectivity index (χ1v) is 6.36. The topological polar surface area (TPSA) is 92.6 Å². The Balaban J connectivity index is 2.23. The summed E-state index contributed by atoms with van der Waals surface area (Å²) in [6.45, 7) is 2.80. The van der Waals surface area contributed by atoms with E-state index in [1.165, 1.54) is 13.3 Å². The van der Waals surface area contributed by atoms with Gasteiger partial charge in [0.25, 0.3) is 0 Å². The Kier molecular flexibility index (Phi) is 3.87. The molecule has 108 valence electrons. The number of ether oxygens (including phenoxy) is 1. The van der Waals surface area contributed by atoms with Crippen LogP contribution < -0.4 is 4.90 Å². The number of rotatable bonds is 3. The standard InChI is InChI=1S/C13H17N3O4/c1-13(12(18)19)5-3-7-16(8-13)9-4-6-14-10(15-9)11(17)20-2/h4,6H,3,5,7-8H2,1-2H3,(H,18,19). The quantitative estimate of drug-likeness (QED) is 0.823. The molecule has 1 aliphatic rings. The maximum atomic E-state index is 11.4. The normalized spacial score (nSPS) is 22.4. The molecule has 1 N–H and O–H groups in total. The molecule has 0 radical (unpaired) electrons. The van der Waals surface area contributed by atoms with Crippen LogP contribution in [0.1, 0.15) is 30.4 Å². The lowest BCUT2D eigenvalue weighted by atomic mass is 9.82. The van der Waals surface area contributed by atoms with Crippen molar-refractivity contribution in [3.05, 3.63) is 18.1 Å². The third kappa shape index (κ3) is 2.71. The maximum absolute atomic E-state index is 11.4. The van der Waals surface area contributed by atoms with Gasteiger partial charge in [-0.25, -0.2) is 14.8 Å². The molecule has 1 saturated heterocycles. The van der Waals surface area contributed by atoms with Crippen LogP contribution in [0.4, 0.5) is 5.82 Å². The van der Waals surface area contributed by atoms with E-state index in [0.717, 1.165) is 6.42 Å². The van der Waals surface area contributed by atoms with Crippen LogP contribution in [0.25, 0.3) is 0 Å². The van der Waals surface area contributed by atoms with Gasteiger partial charge >= 0.3 is 11.9 Å². The highest BCUT2D eigenvalue weighted by Gasteiger charge is 2.38. The van der Waals surface area contributed by atoms with Crippen LogP contribution in [-0.4, -0.2) is 47.2 Å². The molecule has 1 aliphatic heterocycles. The number of aromatic nitrogens is 2. The highest BCUT2D eigenvalue weighted by molar-refractivity contribution is 5.85. The van der Waals surface area contributed by atoms with Crippen LogP contribution in [-0.2, 0) is 9.53 Å². The number of esters is 1. The number of hydrogen-bond acceptors (Lipinski definition) is 6. The largest absolute Gasteiger partial charge is 0.481 e. The zero-order valence-electron chi connectivity index (χ0n) is 11.5. The number of nitrogens with zero attached hydrogens (tertiary/aromatic N) is 3. The van der Waals surface area contributed by atoms with E-state index in [-0.39, 0.29) is 5.82 Å². The molecule has 1 aromatic rings. The van der Waals surface area contributed by atoms with E-state index in [9.17, 15) is 14.7 Å². The molecule has 0 bridgehead atoms. The van der Waals surface area contributed by atoms with Crippen molar-refractivity contribution in [2.75, 3.05) is 25.1 Å². The predicted octanol–water partition coefficient (Wildman–Crippen LogP) is 0.954. The van der Waals surface area contributed by atoms with Crippen molar-refractivity contribution in [1.82, 2.24) is 9.97 Å². The molecular formula is C13H17N3O4. The van der Waals surface area contributed by atoms with Crippen molar-refractivity contribution in [2.45, 2.75) is 19.8 Å². The fourth-order valence-corrected chi connectivity index (χ4v) is 2.32. The minimum absolute atomic E-state index is 0.0207. The van der Waals surface area contributed by atoms with Crippen LogP contribution in [0.2, 0.25) is 0 Å². The molecule has 7 heteroatoms. The van der Waals surface area contributed by atoms with Gasteiger partial charge in [0.2, 0.25) is 5.82 Å². The Morgan fingerprint density at radius 2 is 2.25 bits per heavy atom. The first kappa shape index (κ1) is 14.2. The van der Waals surface area contributed by atoms with Crippen molar-refractivity contribution < 1.29 is 19.4 Å². The van der Waals surface area contributed by atoms with Gasteiger partial charge in [-0.2, -0.15) is 0 Å². The second kappa shape index (κ2) is 5.44. The van der Waals surface area contributed by atoms with Gasteiger partial charge in [0.15, 0.2) is 0 Å². The molecule has 20 heavy (non-hydrogen) atoms. The number of anilines is 1. The molecule has 0 aromatic carbocycles. The lowest BCUT2D eigenvalue weighted by Crippen LogP contribution is -2.46. The fraction of sp³-hybridized carbons (Fsp3) is 0.538. The average Bonchev–Trinajstić information content (AvgIpc) is 2.46. The van der Waals surface area contributed by atoms with Gasteiger partial charge in [-0.3, -0.25) is 4.79 Å². The molecular weight excluding hydrogens is 262 g/mol. The van der Waals surface area contributed by atoms with E-state index in [0.29, 0.717) is 25.3 Å². The Morgan fingerprint density at radius 1 is 1.50 bits per heavy atom. The lowest BCUT2D eigenvalue weighted by molar-refractivity contribution is -0.148. The third-order valence-corrected chi connectivity index (χ3v) is 3.55. The van der Waals surface area contributed by atoms with Crippen molar-refractivity contribution in [3.8, 4) is 0 Å². The summed E-state index contributed by atoms with van der Waals surface area (Å²) < 4.78 is 4.58. The second-order valence-electron chi connectivity index (χ2n) is 5.12. The molecule has 7 nitrogen and oxygen atoms in total. The van der Waals surface area contributed by atoms with E-state index < -0.39 is 17.4 Å². The van der Waals surface area contributed by atoms with Crippen LogP contribution in [0, 0.1) is 5.41 Å². The van der Waals surface area contributed by atoms with E-state index in [4.69, 9.17) is 0 Å². The minimum atomic E-state index is -0.815. The molecule has 1 fully saturated rings. The van der Waals surface area contributed by atoms with Gasteiger partial charge in [-0.15, -0.1) is 0 Å². The summed E-state index contributed by atoms with van der Waals surface area (Å²) in [5.41, 5.74) is -0.797. The molecule has 0 aliphatic carbocycles. The van der Waals surface area contributed by atoms with Crippen molar-refractivity contribution >= 4 is 17.8 Å². The zero-order chi connectivity index (χ0) is 14.8. The first-order valence-electron chi connectivity index (χ1n) is 6.36. The lowest BCUT2D eigenvalue weighted by Gasteiger charge is -2.38. The van der Waals surface area contributed by atoms with E-state index >= 15 is 0 Å². The summed E-state index contributed by atoms with van der Waals surface area (Å²) in [6, 6.07) is 1.67. The van der Waals surface area contributed by atoms with Gasteiger partial charge in [0, 0.05) is 19.3 Å². The highest BCUT2D eigenvalue weighted by Crippen LogP contribution is 2.31. The summed E-state index contributed by atoms with van der Waals surface area (Å²) in [5.74, 6) is -0.894. The Bertz CT molecular complexity index is 534. The smallest absolute Gasteiger partial charge is 0.376 e. The molecule has 1 atom stereocenters. The number of carboxylic acids is 1. The average molecular weight is 279 g/mol. The number of methoxy groups -OCH3 is 1. The first-order chi connectivity index (χ1) is 9.46. The van der Waals surface area contributed by atoms with Crippen molar-refractivity contribution in [1.29, 1.82) is 0 Å². The number of carbonyl (C=O) groups is 2. The monoisotopic (exact) mass is 279 g/mol. The summed E-state index contributed by atoms with van der Waals surface area (Å²) in [6.07, 6.45) is 2.87. The molecule has 1 unspecified atom stereocenters. The predicted molar refractivity (Wildman–Crippen MR) is 70.6 cm³/mol. The molecule has 0 spiro atoms. The van der Waals surface area contributed by atoms with Crippen LogP contribution in [0.5, 0.6) is 0 Å². The molecule has 0 saturated carbocycles. The van der Waals surface area contributed by atoms with Crippen molar-refractivity contribution in [2.24, 2.45) is 5.41 Å². The summed E-state index contributed by atoms with van der Waals surface area (Å²) >= 11 is 0. The minimum Gasteiger partial charge on any atom is -0.481 e. The number of carboxylic acid groups (broad SMARTS) is 1. The number of hydrogen-bond donors (Lipinski definition) is 1. The Morgan fingerprint density at radius 3 is 2.90 bits per heavy atom. The van der Waals surface area contributed by atoms with Gasteiger partial charge in [0.05, 0.1) is 12.5 Å². The molecule has 1 aromatic heterocycles. The highest BCUT2D eigenvalue weighted by atomic mass is 16.5. The Hall–Kier alpha value is -2.18. The molecule has 0 amide bonds. The summed E-state index contributed by atoms with van der Waals surface area (Å²) in [7, 11) is 1.26. The van der Waals surface area contributed by atoms with E-state index in [1.54, 1.807) is 13.0 Å². The maximum Gasteiger partial charge on any atom is 0.376 e. The summed E-state index contributed by atoms with van der Waals surface area (Å²) in [5, 5.41) is 9.31. The fourth-order valence-electron chi connectivity index (χ4n) is 2.32. The van der Waals surface area contributed by atoms with Crippen LogP contribution in [0.15, 0.2) is 12.3 Å². The van der Waals surface area contributed by atoms with Gasteiger partial charge in [0.1, 0.15) is 5.82 Å². The second-order valence-corrected chi connectivity index (χ2v) is 5.12. The van der Waals surface area contributed by atoms with Gasteiger partial charge in [-0.05, 0) is 25.8 Å². The number of piperidine rings is 1. The zero-order valence-corrected chi connectivity index (χ0v) is 11.5. The van der Waals surface area contributed by atoms with Crippen LogP contribution >= 0.6 is 0 Å². The Labute approximate surface area is 116 Å². The van der Waals surface area contributed by atoms with Gasteiger partial charge < -0.3 is 14.7 Å².